The smallest absolute Gasteiger partial charge is 0.338 e. The van der Waals surface area contributed by atoms with Crippen molar-refractivity contribution in [3.05, 3.63) is 46.7 Å². The Morgan fingerprint density at radius 1 is 1.30 bits per heavy atom. The summed E-state index contributed by atoms with van der Waals surface area (Å²) in [6, 6.07) is 2.83. The normalized spacial score (nSPS) is 17.6. The Morgan fingerprint density at radius 3 is 2.65 bits per heavy atom. The highest BCUT2D eigenvalue weighted by atomic mass is 32.1. The lowest BCUT2D eigenvalue weighted by atomic mass is 9.94. The minimum absolute atomic E-state index is 0.219. The number of thiocarbonyl (C=S) groups is 1. The van der Waals surface area contributed by atoms with E-state index in [2.05, 4.69) is 10.6 Å². The maximum atomic E-state index is 13.6. The molecule has 0 saturated carbocycles. The van der Waals surface area contributed by atoms with Crippen LogP contribution in [-0.2, 0) is 9.53 Å². The highest BCUT2D eigenvalue weighted by Gasteiger charge is 2.32. The highest BCUT2D eigenvalue weighted by molar-refractivity contribution is 7.80. The Morgan fingerprint density at radius 2 is 2.04 bits per heavy atom. The monoisotopic (exact) mass is 340 g/mol. The minimum Gasteiger partial charge on any atom is -0.463 e. The third kappa shape index (κ3) is 3.85. The number of hydrogen-bond acceptors (Lipinski definition) is 3. The summed E-state index contributed by atoms with van der Waals surface area (Å²) in [5.41, 5.74) is 1.39. The summed E-state index contributed by atoms with van der Waals surface area (Å²) in [4.78, 5) is 12.4. The lowest BCUT2D eigenvalue weighted by Gasteiger charge is -2.31. The van der Waals surface area contributed by atoms with Crippen LogP contribution in [0.25, 0.3) is 0 Å². The number of carbonyl (C=O) groups is 1. The van der Waals surface area contributed by atoms with Crippen molar-refractivity contribution in [1.82, 2.24) is 10.6 Å². The van der Waals surface area contributed by atoms with Crippen molar-refractivity contribution in [2.24, 2.45) is 0 Å². The predicted octanol–water partition coefficient (Wildman–Crippen LogP) is 3.10. The second-order valence-electron chi connectivity index (χ2n) is 5.07. The maximum absolute atomic E-state index is 13.6. The molecule has 0 saturated heterocycles. The fourth-order valence-electron chi connectivity index (χ4n) is 2.46. The third-order valence-corrected chi connectivity index (χ3v) is 3.65. The SMILES string of the molecule is CCCC1=C(C(=O)OCC)[C@@H](c2ccc(F)c(F)c2)NC(=S)N1. The van der Waals surface area contributed by atoms with E-state index in [0.717, 1.165) is 18.6 Å². The van der Waals surface area contributed by atoms with E-state index in [0.29, 0.717) is 28.4 Å². The largest absolute Gasteiger partial charge is 0.463 e. The zero-order chi connectivity index (χ0) is 17.0. The van der Waals surface area contributed by atoms with Gasteiger partial charge in [0.15, 0.2) is 16.7 Å². The van der Waals surface area contributed by atoms with Crippen molar-refractivity contribution in [2.75, 3.05) is 6.61 Å². The molecule has 1 aromatic rings. The number of rotatable bonds is 5. The highest BCUT2D eigenvalue weighted by Crippen LogP contribution is 2.30. The van der Waals surface area contributed by atoms with E-state index in [4.69, 9.17) is 17.0 Å². The molecule has 0 aliphatic carbocycles. The van der Waals surface area contributed by atoms with E-state index in [1.807, 2.05) is 6.92 Å². The van der Waals surface area contributed by atoms with Gasteiger partial charge in [-0.15, -0.1) is 0 Å². The van der Waals surface area contributed by atoms with Crippen LogP contribution in [0.1, 0.15) is 38.3 Å². The second kappa shape index (κ2) is 7.50. The van der Waals surface area contributed by atoms with Gasteiger partial charge in [-0.05, 0) is 43.3 Å². The van der Waals surface area contributed by atoms with E-state index in [1.54, 1.807) is 6.92 Å². The van der Waals surface area contributed by atoms with Gasteiger partial charge in [0.1, 0.15) is 0 Å². The molecule has 0 fully saturated rings. The molecule has 2 N–H and O–H groups in total. The Balaban J connectivity index is 2.51. The summed E-state index contributed by atoms with van der Waals surface area (Å²) in [6.45, 7) is 3.89. The molecule has 0 bridgehead atoms. The fourth-order valence-corrected chi connectivity index (χ4v) is 2.70. The summed E-state index contributed by atoms with van der Waals surface area (Å²) in [5, 5.41) is 6.22. The standard InChI is InChI=1S/C16H18F2N2O2S/c1-3-5-12-13(15(21)22-4-2)14(20-16(23)19-12)9-6-7-10(17)11(18)8-9/h6-8,14H,3-5H2,1-2H3,(H2,19,20,23)/t14-/m1/s1. The number of ether oxygens (including phenoxy) is 1. The quantitative estimate of drug-likeness (QED) is 0.637. The lowest BCUT2D eigenvalue weighted by Crippen LogP contribution is -2.45. The molecule has 23 heavy (non-hydrogen) atoms. The summed E-state index contributed by atoms with van der Waals surface area (Å²) in [7, 11) is 0. The van der Waals surface area contributed by atoms with Gasteiger partial charge in [-0.1, -0.05) is 19.4 Å². The molecule has 7 heteroatoms. The molecular weight excluding hydrogens is 322 g/mol. The number of allylic oxidation sites excluding steroid dienone is 1. The van der Waals surface area contributed by atoms with Gasteiger partial charge < -0.3 is 15.4 Å². The first-order valence-corrected chi connectivity index (χ1v) is 7.81. The molecule has 0 radical (unpaired) electrons. The van der Waals surface area contributed by atoms with Crippen molar-refractivity contribution >= 4 is 23.3 Å². The molecule has 4 nitrogen and oxygen atoms in total. The van der Waals surface area contributed by atoms with Crippen LogP contribution < -0.4 is 10.6 Å². The fraction of sp³-hybridized carbons (Fsp3) is 0.375. The number of hydrogen-bond donors (Lipinski definition) is 2. The van der Waals surface area contributed by atoms with Gasteiger partial charge in [0.05, 0.1) is 18.2 Å². The zero-order valence-corrected chi connectivity index (χ0v) is 13.7. The molecular formula is C16H18F2N2O2S. The number of esters is 1. The van der Waals surface area contributed by atoms with Crippen molar-refractivity contribution in [1.29, 1.82) is 0 Å². The molecule has 0 amide bonds. The van der Waals surface area contributed by atoms with Crippen LogP contribution in [0.5, 0.6) is 0 Å². The third-order valence-electron chi connectivity index (χ3n) is 3.43. The maximum Gasteiger partial charge on any atom is 0.338 e. The van der Waals surface area contributed by atoms with E-state index >= 15 is 0 Å². The van der Waals surface area contributed by atoms with Crippen molar-refractivity contribution in [2.45, 2.75) is 32.7 Å². The van der Waals surface area contributed by atoms with Gasteiger partial charge in [-0.2, -0.15) is 0 Å². The van der Waals surface area contributed by atoms with Gasteiger partial charge in [0, 0.05) is 5.70 Å². The van der Waals surface area contributed by atoms with Crippen molar-refractivity contribution < 1.29 is 18.3 Å². The van der Waals surface area contributed by atoms with Crippen molar-refractivity contribution in [3.63, 3.8) is 0 Å². The van der Waals surface area contributed by atoms with E-state index in [9.17, 15) is 13.6 Å². The number of benzene rings is 1. The van der Waals surface area contributed by atoms with Crippen LogP contribution in [-0.4, -0.2) is 17.7 Å². The zero-order valence-electron chi connectivity index (χ0n) is 12.9. The van der Waals surface area contributed by atoms with Crippen LogP contribution in [0.4, 0.5) is 8.78 Å². The predicted molar refractivity (Wildman–Crippen MR) is 86.5 cm³/mol. The average Bonchev–Trinajstić information content (AvgIpc) is 2.50. The average molecular weight is 340 g/mol. The lowest BCUT2D eigenvalue weighted by molar-refractivity contribution is -0.139. The van der Waals surface area contributed by atoms with Crippen LogP contribution in [0.3, 0.4) is 0 Å². The van der Waals surface area contributed by atoms with Gasteiger partial charge in [-0.3, -0.25) is 0 Å². The molecule has 1 aliphatic rings. The molecule has 1 heterocycles. The molecule has 0 unspecified atom stereocenters. The first kappa shape index (κ1) is 17.3. The Labute approximate surface area is 138 Å². The van der Waals surface area contributed by atoms with E-state index in [-0.39, 0.29) is 6.61 Å². The minimum atomic E-state index is -0.978. The Bertz CT molecular complexity index is 661. The van der Waals surface area contributed by atoms with Gasteiger partial charge in [-0.25, -0.2) is 13.6 Å². The van der Waals surface area contributed by atoms with Gasteiger partial charge in [0.25, 0.3) is 0 Å². The van der Waals surface area contributed by atoms with E-state index in [1.165, 1.54) is 6.07 Å². The molecule has 1 aliphatic heterocycles. The van der Waals surface area contributed by atoms with Crippen LogP contribution in [0.15, 0.2) is 29.5 Å². The molecule has 124 valence electrons. The van der Waals surface area contributed by atoms with Crippen LogP contribution >= 0.6 is 12.2 Å². The van der Waals surface area contributed by atoms with Crippen LogP contribution in [0, 0.1) is 11.6 Å². The Hall–Kier alpha value is -2.02. The van der Waals surface area contributed by atoms with Gasteiger partial charge >= 0.3 is 5.97 Å². The van der Waals surface area contributed by atoms with Gasteiger partial charge in [0.2, 0.25) is 0 Å². The topological polar surface area (TPSA) is 50.4 Å². The van der Waals surface area contributed by atoms with Crippen LogP contribution in [0.2, 0.25) is 0 Å². The number of halogens is 2. The number of carbonyl (C=O) groups excluding carboxylic acids is 1. The second-order valence-corrected chi connectivity index (χ2v) is 5.48. The first-order chi connectivity index (χ1) is 11.0. The first-order valence-electron chi connectivity index (χ1n) is 7.40. The number of nitrogens with one attached hydrogen (secondary N) is 2. The summed E-state index contributed by atoms with van der Waals surface area (Å²) in [6.07, 6.45) is 1.38. The van der Waals surface area contributed by atoms with Crippen molar-refractivity contribution in [3.8, 4) is 0 Å². The van der Waals surface area contributed by atoms with E-state index < -0.39 is 23.6 Å². The molecule has 1 aromatic carbocycles. The molecule has 0 spiro atoms. The molecule has 1 atom stereocenters. The molecule has 2 rings (SSSR count). The molecule has 0 aromatic heterocycles. The Kier molecular flexibility index (Phi) is 5.65. The summed E-state index contributed by atoms with van der Waals surface area (Å²) < 4.78 is 31.9. The summed E-state index contributed by atoms with van der Waals surface area (Å²) in [5.74, 6) is -2.43. The summed E-state index contributed by atoms with van der Waals surface area (Å²) >= 11 is 5.16.